The molecule has 2 aromatic carbocycles. The lowest BCUT2D eigenvalue weighted by molar-refractivity contribution is -0.386. The van der Waals surface area contributed by atoms with Gasteiger partial charge in [0.05, 0.1) is 10.6 Å². The molecule has 0 unspecified atom stereocenters. The number of nitrogens with zero attached hydrogens (tertiary/aromatic N) is 3. The lowest BCUT2D eigenvalue weighted by atomic mass is 10.1. The number of carbonyl (C=O) groups excluding carboxylic acids is 1. The van der Waals surface area contributed by atoms with Crippen LogP contribution >= 0.6 is 0 Å². The lowest BCUT2D eigenvalue weighted by Crippen LogP contribution is -2.25. The number of carbonyl (C=O) groups is 1. The zero-order valence-electron chi connectivity index (χ0n) is 17.9. The summed E-state index contributed by atoms with van der Waals surface area (Å²) in [5, 5.41) is 18.6. The highest BCUT2D eigenvalue weighted by molar-refractivity contribution is 5.94. The lowest BCUT2D eigenvalue weighted by Gasteiger charge is -2.10. The van der Waals surface area contributed by atoms with Crippen molar-refractivity contribution >= 4 is 11.6 Å². The third-order valence-corrected chi connectivity index (χ3v) is 4.83. The number of hydrogen-bond donors (Lipinski definition) is 1. The SMILES string of the molecule is Cc1ccc(OCc2cccc(C(=O)NCCCn3nc(C)cc3C)c2)c([N+](=O)[O-])c1. The molecule has 0 radical (unpaired) electrons. The van der Waals surface area contributed by atoms with E-state index in [9.17, 15) is 14.9 Å². The Hall–Kier alpha value is -3.68. The van der Waals surface area contributed by atoms with Crippen LogP contribution in [0.1, 0.15) is 39.3 Å². The summed E-state index contributed by atoms with van der Waals surface area (Å²) in [5.41, 5.74) is 4.07. The van der Waals surface area contributed by atoms with Crippen LogP contribution in [0.25, 0.3) is 0 Å². The third kappa shape index (κ3) is 5.91. The molecule has 1 amide bonds. The fourth-order valence-electron chi connectivity index (χ4n) is 3.29. The van der Waals surface area contributed by atoms with Gasteiger partial charge in [0.2, 0.25) is 0 Å². The second kappa shape index (κ2) is 9.88. The summed E-state index contributed by atoms with van der Waals surface area (Å²) in [4.78, 5) is 23.2. The fraction of sp³-hybridized carbons (Fsp3) is 0.304. The summed E-state index contributed by atoms with van der Waals surface area (Å²) in [6.45, 7) is 7.16. The van der Waals surface area contributed by atoms with Gasteiger partial charge in [-0.1, -0.05) is 18.2 Å². The first-order chi connectivity index (χ1) is 14.8. The number of rotatable bonds is 9. The average molecular weight is 422 g/mol. The molecule has 0 aliphatic carbocycles. The number of nitro benzene ring substituents is 1. The molecule has 0 atom stereocenters. The molecule has 8 heteroatoms. The number of nitrogens with one attached hydrogen (secondary N) is 1. The molecular weight excluding hydrogens is 396 g/mol. The van der Waals surface area contributed by atoms with Crippen LogP contribution in [-0.2, 0) is 13.2 Å². The van der Waals surface area contributed by atoms with Crippen molar-refractivity contribution in [1.29, 1.82) is 0 Å². The monoisotopic (exact) mass is 422 g/mol. The Labute approximate surface area is 181 Å². The predicted octanol–water partition coefficient (Wildman–Crippen LogP) is 4.12. The van der Waals surface area contributed by atoms with E-state index in [1.807, 2.05) is 30.7 Å². The number of aromatic nitrogens is 2. The first-order valence-electron chi connectivity index (χ1n) is 10.1. The minimum atomic E-state index is -0.460. The standard InChI is InChI=1S/C23H26N4O4/c1-16-8-9-22(21(12-16)27(29)30)31-15-19-6-4-7-20(14-19)23(28)24-10-5-11-26-18(3)13-17(2)25-26/h4,6-9,12-14H,5,10-11,15H2,1-3H3,(H,24,28). The molecule has 1 aromatic heterocycles. The van der Waals surface area contributed by atoms with Crippen molar-refractivity contribution in [2.45, 2.75) is 40.3 Å². The molecule has 0 saturated carbocycles. The Morgan fingerprint density at radius 2 is 1.97 bits per heavy atom. The fourth-order valence-corrected chi connectivity index (χ4v) is 3.29. The number of aryl methyl sites for hydroxylation is 4. The molecule has 0 spiro atoms. The highest BCUT2D eigenvalue weighted by Crippen LogP contribution is 2.28. The number of benzene rings is 2. The van der Waals surface area contributed by atoms with Crippen molar-refractivity contribution < 1.29 is 14.5 Å². The van der Waals surface area contributed by atoms with Gasteiger partial charge in [0.25, 0.3) is 5.91 Å². The number of amides is 1. The normalized spacial score (nSPS) is 10.7. The first-order valence-corrected chi connectivity index (χ1v) is 10.1. The van der Waals surface area contributed by atoms with Crippen LogP contribution in [0.2, 0.25) is 0 Å². The molecule has 0 bridgehead atoms. The van der Waals surface area contributed by atoms with E-state index >= 15 is 0 Å². The van der Waals surface area contributed by atoms with Gasteiger partial charge in [0, 0.05) is 30.4 Å². The van der Waals surface area contributed by atoms with Gasteiger partial charge in [0.15, 0.2) is 5.75 Å². The smallest absolute Gasteiger partial charge is 0.311 e. The topological polar surface area (TPSA) is 99.3 Å². The molecule has 3 aromatic rings. The largest absolute Gasteiger partial charge is 0.482 e. The maximum absolute atomic E-state index is 12.5. The highest BCUT2D eigenvalue weighted by atomic mass is 16.6. The Kier molecular flexibility index (Phi) is 7.02. The van der Waals surface area contributed by atoms with Crippen LogP contribution in [0.3, 0.4) is 0 Å². The van der Waals surface area contributed by atoms with E-state index in [4.69, 9.17) is 4.74 Å². The van der Waals surface area contributed by atoms with E-state index < -0.39 is 4.92 Å². The Balaban J connectivity index is 1.54. The maximum atomic E-state index is 12.5. The van der Waals surface area contributed by atoms with Crippen molar-refractivity contribution in [2.75, 3.05) is 6.54 Å². The van der Waals surface area contributed by atoms with E-state index in [2.05, 4.69) is 10.4 Å². The first kappa shape index (κ1) is 22.0. The van der Waals surface area contributed by atoms with Crippen molar-refractivity contribution in [3.63, 3.8) is 0 Å². The Morgan fingerprint density at radius 3 is 2.68 bits per heavy atom. The number of nitro groups is 1. The summed E-state index contributed by atoms with van der Waals surface area (Å²) in [6.07, 6.45) is 0.771. The minimum Gasteiger partial charge on any atom is -0.482 e. The number of hydrogen-bond acceptors (Lipinski definition) is 5. The third-order valence-electron chi connectivity index (χ3n) is 4.83. The number of ether oxygens (including phenoxy) is 1. The zero-order valence-corrected chi connectivity index (χ0v) is 17.9. The minimum absolute atomic E-state index is 0.0727. The van der Waals surface area contributed by atoms with Gasteiger partial charge in [0.1, 0.15) is 6.61 Å². The zero-order chi connectivity index (χ0) is 22.4. The van der Waals surface area contributed by atoms with Crippen molar-refractivity contribution in [3.8, 4) is 5.75 Å². The molecule has 3 rings (SSSR count). The van der Waals surface area contributed by atoms with E-state index in [0.29, 0.717) is 12.1 Å². The van der Waals surface area contributed by atoms with E-state index in [0.717, 1.165) is 35.5 Å². The molecule has 0 aliphatic heterocycles. The van der Waals surface area contributed by atoms with Gasteiger partial charge in [-0.2, -0.15) is 5.10 Å². The molecule has 8 nitrogen and oxygen atoms in total. The predicted molar refractivity (Wildman–Crippen MR) is 117 cm³/mol. The van der Waals surface area contributed by atoms with Gasteiger partial charge < -0.3 is 10.1 Å². The van der Waals surface area contributed by atoms with Crippen molar-refractivity contribution in [1.82, 2.24) is 15.1 Å². The van der Waals surface area contributed by atoms with E-state index in [1.165, 1.54) is 6.07 Å². The van der Waals surface area contributed by atoms with E-state index in [-0.39, 0.29) is 24.0 Å². The average Bonchev–Trinajstić information content (AvgIpc) is 3.07. The van der Waals surface area contributed by atoms with Crippen LogP contribution in [0.4, 0.5) is 5.69 Å². The second-order valence-corrected chi connectivity index (χ2v) is 7.48. The van der Waals surface area contributed by atoms with E-state index in [1.54, 1.807) is 37.3 Å². The Morgan fingerprint density at radius 1 is 1.16 bits per heavy atom. The quantitative estimate of drug-likeness (QED) is 0.318. The van der Waals surface area contributed by atoms with Gasteiger partial charge >= 0.3 is 5.69 Å². The van der Waals surface area contributed by atoms with Crippen LogP contribution in [0.5, 0.6) is 5.75 Å². The van der Waals surface area contributed by atoms with Gasteiger partial charge in [-0.15, -0.1) is 0 Å². The van der Waals surface area contributed by atoms with Crippen molar-refractivity contribution in [3.05, 3.63) is 86.7 Å². The van der Waals surface area contributed by atoms with Gasteiger partial charge in [-0.25, -0.2) is 0 Å². The van der Waals surface area contributed by atoms with Gasteiger partial charge in [-0.3, -0.25) is 19.6 Å². The summed E-state index contributed by atoms with van der Waals surface area (Å²) in [5.74, 6) is 0.0335. The maximum Gasteiger partial charge on any atom is 0.311 e. The van der Waals surface area contributed by atoms with Crippen LogP contribution in [-0.4, -0.2) is 27.2 Å². The van der Waals surface area contributed by atoms with Crippen LogP contribution in [0.15, 0.2) is 48.5 Å². The summed E-state index contributed by atoms with van der Waals surface area (Å²) < 4.78 is 7.59. The molecule has 1 heterocycles. The summed E-state index contributed by atoms with van der Waals surface area (Å²) >= 11 is 0. The highest BCUT2D eigenvalue weighted by Gasteiger charge is 2.15. The summed E-state index contributed by atoms with van der Waals surface area (Å²) in [7, 11) is 0. The second-order valence-electron chi connectivity index (χ2n) is 7.48. The molecule has 0 saturated heterocycles. The van der Waals surface area contributed by atoms with Crippen LogP contribution in [0, 0.1) is 30.9 Å². The van der Waals surface area contributed by atoms with Gasteiger partial charge in [-0.05, 0) is 62.6 Å². The molecule has 0 fully saturated rings. The molecule has 1 N–H and O–H groups in total. The molecule has 162 valence electrons. The molecule has 31 heavy (non-hydrogen) atoms. The Bertz CT molecular complexity index is 1090. The molecular formula is C23H26N4O4. The summed E-state index contributed by atoms with van der Waals surface area (Å²) in [6, 6.07) is 13.9. The molecule has 0 aliphatic rings. The van der Waals surface area contributed by atoms with Crippen molar-refractivity contribution in [2.24, 2.45) is 0 Å². The van der Waals surface area contributed by atoms with Crippen LogP contribution < -0.4 is 10.1 Å².